The van der Waals surface area contributed by atoms with Crippen LogP contribution in [0.3, 0.4) is 0 Å². The lowest BCUT2D eigenvalue weighted by atomic mass is 10.00. The zero-order valence-corrected chi connectivity index (χ0v) is 13.9. The maximum Gasteiger partial charge on any atom is 0.0291 e. The number of benzene rings is 1. The Morgan fingerprint density at radius 3 is 2.21 bits per heavy atom. The van der Waals surface area contributed by atoms with Crippen molar-refractivity contribution in [2.45, 2.75) is 51.8 Å². The van der Waals surface area contributed by atoms with E-state index in [1.54, 1.807) is 0 Å². The molecule has 0 aliphatic heterocycles. The Hall–Kier alpha value is -0.470. The monoisotopic (exact) mass is 279 g/mol. The average molecular weight is 279 g/mol. The van der Waals surface area contributed by atoms with Gasteiger partial charge in [-0.1, -0.05) is 45.0 Å². The van der Waals surface area contributed by atoms with Crippen molar-refractivity contribution in [2.75, 3.05) is 12.8 Å². The molecule has 19 heavy (non-hydrogen) atoms. The van der Waals surface area contributed by atoms with E-state index in [0.717, 1.165) is 17.7 Å². The topological polar surface area (TPSA) is 12.0 Å². The van der Waals surface area contributed by atoms with Gasteiger partial charge in [0.05, 0.1) is 0 Å². The third kappa shape index (κ3) is 6.49. The molecule has 1 aromatic carbocycles. The van der Waals surface area contributed by atoms with Crippen LogP contribution >= 0.6 is 11.8 Å². The van der Waals surface area contributed by atoms with Crippen LogP contribution in [0.15, 0.2) is 24.3 Å². The lowest BCUT2D eigenvalue weighted by molar-refractivity contribution is 0.557. The van der Waals surface area contributed by atoms with Crippen LogP contribution in [0, 0.1) is 5.92 Å². The van der Waals surface area contributed by atoms with Gasteiger partial charge in [-0.2, -0.15) is 11.8 Å². The van der Waals surface area contributed by atoms with E-state index < -0.39 is 0 Å². The summed E-state index contributed by atoms with van der Waals surface area (Å²) < 4.78 is 0. The first-order valence-electron chi connectivity index (χ1n) is 7.38. The molecular weight excluding hydrogens is 250 g/mol. The summed E-state index contributed by atoms with van der Waals surface area (Å²) in [6.07, 6.45) is 4.59. The molecule has 0 radical (unpaired) electrons. The zero-order valence-electron chi connectivity index (χ0n) is 13.1. The standard InChI is InChI=1S/C17H29NS/c1-13(2)12-16-6-8-17(9-7-16)15(4)18-11-10-14(3)19-5/h6-9,13-15,18H,10-12H2,1-5H3. The van der Waals surface area contributed by atoms with Gasteiger partial charge in [0.15, 0.2) is 0 Å². The average Bonchev–Trinajstić information content (AvgIpc) is 2.38. The van der Waals surface area contributed by atoms with Crippen molar-refractivity contribution < 1.29 is 0 Å². The minimum Gasteiger partial charge on any atom is -0.310 e. The second-order valence-corrected chi connectivity index (χ2v) is 7.13. The molecule has 108 valence electrons. The van der Waals surface area contributed by atoms with Crippen LogP contribution in [0.5, 0.6) is 0 Å². The quantitative estimate of drug-likeness (QED) is 0.741. The summed E-state index contributed by atoms with van der Waals surface area (Å²) in [4.78, 5) is 0. The summed E-state index contributed by atoms with van der Waals surface area (Å²) >= 11 is 1.94. The van der Waals surface area contributed by atoms with Crippen molar-refractivity contribution in [3.05, 3.63) is 35.4 Å². The Kier molecular flexibility index (Phi) is 7.55. The van der Waals surface area contributed by atoms with E-state index in [9.17, 15) is 0 Å². The molecule has 0 saturated carbocycles. The summed E-state index contributed by atoms with van der Waals surface area (Å²) in [5.41, 5.74) is 2.84. The molecule has 1 rings (SSSR count). The van der Waals surface area contributed by atoms with Gasteiger partial charge < -0.3 is 5.32 Å². The highest BCUT2D eigenvalue weighted by atomic mass is 32.2. The molecule has 0 aliphatic carbocycles. The molecular formula is C17H29NS. The molecule has 1 aromatic rings. The lowest BCUT2D eigenvalue weighted by Crippen LogP contribution is -2.21. The van der Waals surface area contributed by atoms with E-state index in [0.29, 0.717) is 6.04 Å². The van der Waals surface area contributed by atoms with E-state index in [4.69, 9.17) is 0 Å². The largest absolute Gasteiger partial charge is 0.310 e. The first-order chi connectivity index (χ1) is 9.02. The fourth-order valence-electron chi connectivity index (χ4n) is 2.15. The maximum absolute atomic E-state index is 3.61. The predicted molar refractivity (Wildman–Crippen MR) is 89.0 cm³/mol. The van der Waals surface area contributed by atoms with Crippen LogP contribution in [-0.2, 0) is 6.42 Å². The molecule has 0 heterocycles. The molecule has 0 bridgehead atoms. The molecule has 0 spiro atoms. The van der Waals surface area contributed by atoms with Crippen molar-refractivity contribution >= 4 is 11.8 Å². The Bertz CT molecular complexity index is 345. The number of hydrogen-bond donors (Lipinski definition) is 1. The first-order valence-corrected chi connectivity index (χ1v) is 8.66. The molecule has 1 N–H and O–H groups in total. The molecule has 2 unspecified atom stereocenters. The van der Waals surface area contributed by atoms with Gasteiger partial charge in [0.2, 0.25) is 0 Å². The van der Waals surface area contributed by atoms with Gasteiger partial charge in [-0.3, -0.25) is 0 Å². The van der Waals surface area contributed by atoms with Crippen LogP contribution in [-0.4, -0.2) is 18.1 Å². The predicted octanol–water partition coefficient (Wildman–Crippen LogP) is 4.68. The summed E-state index contributed by atoms with van der Waals surface area (Å²) in [5, 5.41) is 4.35. The molecule has 1 nitrogen and oxygen atoms in total. The van der Waals surface area contributed by atoms with Gasteiger partial charge in [-0.15, -0.1) is 0 Å². The van der Waals surface area contributed by atoms with Crippen LogP contribution in [0.25, 0.3) is 0 Å². The smallest absolute Gasteiger partial charge is 0.0291 e. The number of hydrogen-bond acceptors (Lipinski definition) is 2. The van der Waals surface area contributed by atoms with Crippen LogP contribution in [0.1, 0.15) is 51.3 Å². The summed E-state index contributed by atoms with van der Waals surface area (Å²) in [6.45, 7) is 10.2. The third-order valence-corrected chi connectivity index (χ3v) is 4.57. The number of thioether (sulfide) groups is 1. The second-order valence-electron chi connectivity index (χ2n) is 5.85. The van der Waals surface area contributed by atoms with Crippen LogP contribution in [0.2, 0.25) is 0 Å². The van der Waals surface area contributed by atoms with Gasteiger partial charge in [-0.05, 0) is 49.6 Å². The number of rotatable bonds is 8. The van der Waals surface area contributed by atoms with Crippen molar-refractivity contribution in [3.8, 4) is 0 Å². The van der Waals surface area contributed by atoms with Gasteiger partial charge in [-0.25, -0.2) is 0 Å². The SMILES string of the molecule is CSC(C)CCNC(C)c1ccc(CC(C)C)cc1. The van der Waals surface area contributed by atoms with Gasteiger partial charge >= 0.3 is 0 Å². The summed E-state index contributed by atoms with van der Waals surface area (Å²) in [6, 6.07) is 9.54. The van der Waals surface area contributed by atoms with Crippen molar-refractivity contribution in [1.29, 1.82) is 0 Å². The molecule has 0 aliphatic rings. The van der Waals surface area contributed by atoms with E-state index in [-0.39, 0.29) is 0 Å². The van der Waals surface area contributed by atoms with Crippen LogP contribution in [0.4, 0.5) is 0 Å². The highest BCUT2D eigenvalue weighted by molar-refractivity contribution is 7.99. The van der Waals surface area contributed by atoms with E-state index in [2.05, 4.69) is 63.5 Å². The zero-order chi connectivity index (χ0) is 14.3. The highest BCUT2D eigenvalue weighted by Gasteiger charge is 2.06. The van der Waals surface area contributed by atoms with Crippen molar-refractivity contribution in [2.24, 2.45) is 5.92 Å². The third-order valence-electron chi connectivity index (χ3n) is 3.53. The minimum absolute atomic E-state index is 0.446. The maximum atomic E-state index is 3.61. The van der Waals surface area contributed by atoms with E-state index >= 15 is 0 Å². The first kappa shape index (κ1) is 16.6. The highest BCUT2D eigenvalue weighted by Crippen LogP contribution is 2.16. The fourth-order valence-corrected chi connectivity index (χ4v) is 2.51. The van der Waals surface area contributed by atoms with Crippen molar-refractivity contribution in [3.63, 3.8) is 0 Å². The minimum atomic E-state index is 0.446. The molecule has 0 fully saturated rings. The molecule has 0 aromatic heterocycles. The Morgan fingerprint density at radius 2 is 1.68 bits per heavy atom. The van der Waals surface area contributed by atoms with Crippen LogP contribution < -0.4 is 5.32 Å². The normalized spacial score (nSPS) is 14.6. The second kappa shape index (κ2) is 8.65. The Morgan fingerprint density at radius 1 is 1.05 bits per heavy atom. The summed E-state index contributed by atoms with van der Waals surface area (Å²) in [5.74, 6) is 0.731. The fraction of sp³-hybridized carbons (Fsp3) is 0.647. The van der Waals surface area contributed by atoms with Gasteiger partial charge in [0, 0.05) is 11.3 Å². The number of nitrogens with one attached hydrogen (secondary N) is 1. The molecule has 2 atom stereocenters. The van der Waals surface area contributed by atoms with Gasteiger partial charge in [0.25, 0.3) is 0 Å². The van der Waals surface area contributed by atoms with E-state index in [1.807, 2.05) is 11.8 Å². The van der Waals surface area contributed by atoms with Crippen molar-refractivity contribution in [1.82, 2.24) is 5.32 Å². The summed E-state index contributed by atoms with van der Waals surface area (Å²) in [7, 11) is 0. The Labute approximate surface area is 123 Å². The van der Waals surface area contributed by atoms with E-state index in [1.165, 1.54) is 24.0 Å². The lowest BCUT2D eigenvalue weighted by Gasteiger charge is -2.16. The molecule has 0 saturated heterocycles. The molecule has 2 heteroatoms. The Balaban J connectivity index is 2.42. The molecule has 0 amide bonds. The van der Waals surface area contributed by atoms with Gasteiger partial charge in [0.1, 0.15) is 0 Å².